The summed E-state index contributed by atoms with van der Waals surface area (Å²) in [6.07, 6.45) is 9.59. The van der Waals surface area contributed by atoms with Gasteiger partial charge in [0.15, 0.2) is 0 Å². The summed E-state index contributed by atoms with van der Waals surface area (Å²) in [5.41, 5.74) is 2.84. The third-order valence-electron chi connectivity index (χ3n) is 4.59. The molecule has 1 aliphatic carbocycles. The zero-order chi connectivity index (χ0) is 13.5. The van der Waals surface area contributed by atoms with Gasteiger partial charge in [-0.1, -0.05) is 56.0 Å². The lowest BCUT2D eigenvalue weighted by Gasteiger charge is -2.16. The van der Waals surface area contributed by atoms with Gasteiger partial charge in [-0.15, -0.1) is 0 Å². The molecule has 1 N–H and O–H groups in total. The Bertz CT molecular complexity index is 372. The van der Waals surface area contributed by atoms with Crippen LogP contribution in [0.1, 0.15) is 56.6 Å². The molecule has 0 amide bonds. The number of aryl methyl sites for hydroxylation is 1. The van der Waals surface area contributed by atoms with Crippen LogP contribution in [-0.4, -0.2) is 12.6 Å². The summed E-state index contributed by atoms with van der Waals surface area (Å²) >= 11 is 0. The highest BCUT2D eigenvalue weighted by molar-refractivity contribution is 5.22. The van der Waals surface area contributed by atoms with E-state index >= 15 is 0 Å². The van der Waals surface area contributed by atoms with E-state index in [0.717, 1.165) is 24.9 Å². The third-order valence-corrected chi connectivity index (χ3v) is 4.59. The molecule has 0 saturated heterocycles. The molecular formula is C18H29N. The molecule has 0 bridgehead atoms. The van der Waals surface area contributed by atoms with Crippen molar-refractivity contribution in [3.05, 3.63) is 35.4 Å². The van der Waals surface area contributed by atoms with Crippen LogP contribution in [0.15, 0.2) is 24.3 Å². The smallest absolute Gasteiger partial charge is 0.00672 e. The first-order chi connectivity index (χ1) is 9.28. The van der Waals surface area contributed by atoms with Crippen molar-refractivity contribution < 1.29 is 0 Å². The molecule has 0 radical (unpaired) electrons. The zero-order valence-electron chi connectivity index (χ0n) is 12.6. The average Bonchev–Trinajstić information content (AvgIpc) is 2.64. The molecule has 1 aliphatic rings. The Morgan fingerprint density at radius 3 is 2.84 bits per heavy atom. The highest BCUT2D eigenvalue weighted by Crippen LogP contribution is 2.25. The van der Waals surface area contributed by atoms with Gasteiger partial charge in [0.2, 0.25) is 0 Å². The Balaban J connectivity index is 1.70. The predicted octanol–water partition coefficient (Wildman–Crippen LogP) is 4.49. The van der Waals surface area contributed by atoms with Gasteiger partial charge in [0, 0.05) is 6.04 Å². The van der Waals surface area contributed by atoms with E-state index in [4.69, 9.17) is 0 Å². The predicted molar refractivity (Wildman–Crippen MR) is 83.5 cm³/mol. The number of hydrogen-bond acceptors (Lipinski definition) is 1. The van der Waals surface area contributed by atoms with Gasteiger partial charge in [0.1, 0.15) is 0 Å². The van der Waals surface area contributed by atoms with Crippen molar-refractivity contribution in [2.24, 2.45) is 5.92 Å². The van der Waals surface area contributed by atoms with E-state index in [2.05, 4.69) is 43.4 Å². The summed E-state index contributed by atoms with van der Waals surface area (Å²) in [4.78, 5) is 0. The Hall–Kier alpha value is -0.820. The number of benzene rings is 1. The quantitative estimate of drug-likeness (QED) is 0.768. The first kappa shape index (κ1) is 14.6. The maximum Gasteiger partial charge on any atom is 0.00672 e. The maximum atomic E-state index is 3.77. The molecule has 19 heavy (non-hydrogen) atoms. The van der Waals surface area contributed by atoms with Crippen molar-refractivity contribution in [2.45, 2.75) is 64.8 Å². The fourth-order valence-corrected chi connectivity index (χ4v) is 3.28. The molecule has 1 aromatic rings. The van der Waals surface area contributed by atoms with E-state index in [1.165, 1.54) is 49.7 Å². The van der Waals surface area contributed by atoms with E-state index in [-0.39, 0.29) is 0 Å². The second kappa shape index (κ2) is 7.69. The van der Waals surface area contributed by atoms with Gasteiger partial charge in [-0.25, -0.2) is 0 Å². The molecule has 0 heterocycles. The van der Waals surface area contributed by atoms with Crippen molar-refractivity contribution in [1.82, 2.24) is 5.32 Å². The summed E-state index contributed by atoms with van der Waals surface area (Å²) in [5, 5.41) is 3.77. The Morgan fingerprint density at radius 1 is 1.16 bits per heavy atom. The van der Waals surface area contributed by atoms with Crippen molar-refractivity contribution in [1.29, 1.82) is 0 Å². The molecule has 2 rings (SSSR count). The van der Waals surface area contributed by atoms with E-state index in [9.17, 15) is 0 Å². The van der Waals surface area contributed by atoms with Gasteiger partial charge in [0.05, 0.1) is 0 Å². The highest BCUT2D eigenvalue weighted by Gasteiger charge is 2.16. The lowest BCUT2D eigenvalue weighted by atomic mass is 9.98. The third kappa shape index (κ3) is 4.99. The molecule has 0 aromatic heterocycles. The molecule has 1 aromatic carbocycles. The van der Waals surface area contributed by atoms with Crippen molar-refractivity contribution in [2.75, 3.05) is 6.54 Å². The largest absolute Gasteiger partial charge is 0.314 e. The van der Waals surface area contributed by atoms with E-state index in [0.29, 0.717) is 0 Å². The fraction of sp³-hybridized carbons (Fsp3) is 0.667. The van der Waals surface area contributed by atoms with Crippen molar-refractivity contribution in [3.63, 3.8) is 0 Å². The zero-order valence-corrected chi connectivity index (χ0v) is 12.6. The fourth-order valence-electron chi connectivity index (χ4n) is 3.28. The number of nitrogens with one attached hydrogen (secondary N) is 1. The highest BCUT2D eigenvalue weighted by atomic mass is 14.9. The topological polar surface area (TPSA) is 12.0 Å². The van der Waals surface area contributed by atoms with Crippen LogP contribution < -0.4 is 5.32 Å². The number of hydrogen-bond donors (Lipinski definition) is 1. The van der Waals surface area contributed by atoms with Gasteiger partial charge < -0.3 is 5.32 Å². The van der Waals surface area contributed by atoms with Gasteiger partial charge in [0.25, 0.3) is 0 Å². The van der Waals surface area contributed by atoms with Crippen LogP contribution in [-0.2, 0) is 6.42 Å². The first-order valence-corrected chi connectivity index (χ1v) is 8.07. The molecule has 1 fully saturated rings. The van der Waals surface area contributed by atoms with Crippen LogP contribution >= 0.6 is 0 Å². The second-order valence-corrected chi connectivity index (χ2v) is 6.17. The molecule has 2 atom stereocenters. The minimum absolute atomic E-state index is 0.765. The van der Waals surface area contributed by atoms with E-state index in [1.807, 2.05) is 0 Å². The molecule has 1 heteroatoms. The van der Waals surface area contributed by atoms with Crippen LogP contribution in [0.2, 0.25) is 0 Å². The van der Waals surface area contributed by atoms with Gasteiger partial charge >= 0.3 is 0 Å². The molecule has 2 unspecified atom stereocenters. The molecule has 1 saturated carbocycles. The molecule has 106 valence electrons. The second-order valence-electron chi connectivity index (χ2n) is 6.17. The minimum Gasteiger partial charge on any atom is -0.314 e. The summed E-state index contributed by atoms with van der Waals surface area (Å²) in [5.74, 6) is 0.989. The van der Waals surface area contributed by atoms with Crippen LogP contribution in [0.5, 0.6) is 0 Å². The van der Waals surface area contributed by atoms with Crippen LogP contribution in [0.25, 0.3) is 0 Å². The van der Waals surface area contributed by atoms with Gasteiger partial charge in [-0.2, -0.15) is 0 Å². The normalized spacial score (nSPS) is 24.1. The Kier molecular flexibility index (Phi) is 5.91. The summed E-state index contributed by atoms with van der Waals surface area (Å²) in [6, 6.07) is 9.66. The van der Waals surface area contributed by atoms with Crippen LogP contribution in [0.3, 0.4) is 0 Å². The Morgan fingerprint density at radius 2 is 2.05 bits per heavy atom. The van der Waals surface area contributed by atoms with Crippen molar-refractivity contribution in [3.8, 4) is 0 Å². The average molecular weight is 259 g/mol. The summed E-state index contributed by atoms with van der Waals surface area (Å²) in [6.45, 7) is 5.65. The monoisotopic (exact) mass is 259 g/mol. The first-order valence-electron chi connectivity index (χ1n) is 8.07. The van der Waals surface area contributed by atoms with Gasteiger partial charge in [-0.3, -0.25) is 0 Å². The van der Waals surface area contributed by atoms with Crippen molar-refractivity contribution >= 4 is 0 Å². The van der Waals surface area contributed by atoms with E-state index in [1.54, 1.807) is 0 Å². The molecule has 1 nitrogen and oxygen atoms in total. The lowest BCUT2D eigenvalue weighted by Crippen LogP contribution is -2.30. The summed E-state index contributed by atoms with van der Waals surface area (Å²) < 4.78 is 0. The van der Waals surface area contributed by atoms with E-state index < -0.39 is 0 Å². The minimum atomic E-state index is 0.765. The lowest BCUT2D eigenvalue weighted by molar-refractivity contribution is 0.427. The number of rotatable bonds is 5. The van der Waals surface area contributed by atoms with Gasteiger partial charge in [-0.05, 0) is 50.6 Å². The Labute approximate surface area is 118 Å². The maximum absolute atomic E-state index is 3.77. The van der Waals surface area contributed by atoms with Crippen LogP contribution in [0, 0.1) is 12.8 Å². The molecule has 0 aliphatic heterocycles. The standard InChI is InChI=1S/C18H29N/c1-3-16-7-5-9-18(11-10-16)19-13-12-17-8-4-6-15(2)14-17/h4,6,8,14,16,18-19H,3,5,7,9-13H2,1-2H3. The SMILES string of the molecule is CCC1CCCC(NCCc2cccc(C)c2)CC1. The summed E-state index contributed by atoms with van der Waals surface area (Å²) in [7, 11) is 0. The van der Waals surface area contributed by atoms with Crippen LogP contribution in [0.4, 0.5) is 0 Å². The molecule has 0 spiro atoms. The molecular weight excluding hydrogens is 230 g/mol.